The van der Waals surface area contributed by atoms with Crippen LogP contribution in [0.15, 0.2) is 124 Å². The third-order valence-corrected chi connectivity index (χ3v) is 2.86. The van der Waals surface area contributed by atoms with Crippen LogP contribution < -0.4 is 4.89 Å². The van der Waals surface area contributed by atoms with Gasteiger partial charge in [0.1, 0.15) is 0 Å². The van der Waals surface area contributed by atoms with E-state index in [1.165, 1.54) is 6.20 Å². The summed E-state index contributed by atoms with van der Waals surface area (Å²) in [5.41, 5.74) is 0.833. The zero-order chi connectivity index (χ0) is 18.1. The van der Waals surface area contributed by atoms with Crippen LogP contribution in [-0.4, -0.2) is 0 Å². The summed E-state index contributed by atoms with van der Waals surface area (Å²) in [6, 6.07) is 7.37. The van der Waals surface area contributed by atoms with Gasteiger partial charge in [0.15, 0.2) is 5.75 Å². The summed E-state index contributed by atoms with van der Waals surface area (Å²) in [4.78, 5) is 9.76. The highest BCUT2D eigenvalue weighted by atomic mass is 17.3. The van der Waals surface area contributed by atoms with Gasteiger partial charge < -0.3 is 0 Å². The first-order valence-corrected chi connectivity index (χ1v) is 7.86. The molecule has 0 aliphatic carbocycles. The van der Waals surface area contributed by atoms with Crippen LogP contribution >= 0.6 is 0 Å². The van der Waals surface area contributed by atoms with E-state index >= 15 is 0 Å². The second-order valence-electron chi connectivity index (χ2n) is 4.70. The van der Waals surface area contributed by atoms with Gasteiger partial charge in [-0.1, -0.05) is 91.1 Å². The summed E-state index contributed by atoms with van der Waals surface area (Å²) in [6.07, 6.45) is 26.1. The largest absolute Gasteiger partial charge is 0.265 e. The van der Waals surface area contributed by atoms with Crippen molar-refractivity contribution in [3.05, 3.63) is 109 Å². The number of hydrogen-bond donors (Lipinski definition) is 0. The van der Waals surface area contributed by atoms with Crippen molar-refractivity contribution >= 4 is 6.08 Å². The van der Waals surface area contributed by atoms with E-state index < -0.39 is 0 Å². The van der Waals surface area contributed by atoms with Crippen LogP contribution in [0.3, 0.4) is 0 Å². The van der Waals surface area contributed by atoms with E-state index in [1.807, 2.05) is 91.1 Å². The summed E-state index contributed by atoms with van der Waals surface area (Å²) < 4.78 is 0. The Labute approximate surface area is 152 Å². The van der Waals surface area contributed by atoms with Crippen molar-refractivity contribution in [2.45, 2.75) is 0 Å². The quantitative estimate of drug-likeness (QED) is 0.536. The highest BCUT2D eigenvalue weighted by Crippen LogP contribution is 2.19. The number of para-hydroxylation sites is 1. The van der Waals surface area contributed by atoms with Gasteiger partial charge in [0.05, 0.1) is 11.5 Å². The second-order valence-corrected chi connectivity index (χ2v) is 4.70. The number of rotatable bonds is 0. The van der Waals surface area contributed by atoms with Crippen LogP contribution in [0, 0.1) is 0 Å². The van der Waals surface area contributed by atoms with Gasteiger partial charge in [-0.15, -0.1) is 10.1 Å². The fourth-order valence-corrected chi connectivity index (χ4v) is 1.72. The third kappa shape index (κ3) is 8.16. The summed E-state index contributed by atoms with van der Waals surface area (Å²) in [7, 11) is 0. The number of hydrogen-bond acceptors (Lipinski definition) is 6. The van der Waals surface area contributed by atoms with E-state index in [4.69, 9.17) is 4.89 Å². The van der Waals surface area contributed by atoms with Crippen molar-refractivity contribution in [3.63, 3.8) is 0 Å². The lowest BCUT2D eigenvalue weighted by Crippen LogP contribution is -1.91. The molecule has 2 rings (SSSR count). The summed E-state index contributed by atoms with van der Waals surface area (Å²) in [5.74, 6) is 0.505. The predicted molar refractivity (Wildman–Crippen MR) is 102 cm³/mol. The first kappa shape index (κ1) is 18.5. The van der Waals surface area contributed by atoms with Crippen molar-refractivity contribution in [1.82, 2.24) is 0 Å². The van der Waals surface area contributed by atoms with Gasteiger partial charge in [-0.3, -0.25) is 4.89 Å². The summed E-state index contributed by atoms with van der Waals surface area (Å²) in [6.45, 7) is 0. The Kier molecular flexibility index (Phi) is 8.98. The summed E-state index contributed by atoms with van der Waals surface area (Å²) >= 11 is 0. The molecule has 0 N–H and O–H groups in total. The van der Waals surface area contributed by atoms with Crippen LogP contribution in [0.5, 0.6) is 5.75 Å². The molecule has 0 unspecified atom stereocenters. The van der Waals surface area contributed by atoms with Gasteiger partial charge in [0.25, 0.3) is 0 Å². The minimum absolute atomic E-state index is 0.505. The van der Waals surface area contributed by atoms with Gasteiger partial charge in [0.2, 0.25) is 0 Å². The van der Waals surface area contributed by atoms with Crippen LogP contribution in [0.2, 0.25) is 0 Å². The molecular weight excluding hydrogens is 328 g/mol. The number of nitrogens with zero attached hydrogens (tertiary/aromatic N) is 4. The average molecular weight is 346 g/mol. The lowest BCUT2D eigenvalue weighted by Gasteiger charge is -2.02. The molecule has 1 aromatic rings. The smallest absolute Gasteiger partial charge is 0.188 e. The molecule has 0 amide bonds. The Morgan fingerprint density at radius 2 is 1.23 bits per heavy atom. The highest BCUT2D eigenvalue weighted by molar-refractivity contribution is 5.58. The first-order chi connectivity index (χ1) is 13.0. The van der Waals surface area contributed by atoms with Crippen LogP contribution in [-0.2, 0) is 4.99 Å². The molecule has 0 saturated carbocycles. The van der Waals surface area contributed by atoms with Crippen molar-refractivity contribution in [3.8, 4) is 5.75 Å². The maximum absolute atomic E-state index is 5.10. The SMILES string of the molecule is C1=C\C=C/C=C\c2ccccc2OO\N=N/N=N\C=C/C=C/C=C\C=C/1. The van der Waals surface area contributed by atoms with E-state index in [2.05, 4.69) is 25.8 Å². The van der Waals surface area contributed by atoms with Gasteiger partial charge in [-0.25, -0.2) is 0 Å². The minimum Gasteiger partial charge on any atom is -0.265 e. The van der Waals surface area contributed by atoms with Gasteiger partial charge >= 0.3 is 0 Å². The zero-order valence-electron chi connectivity index (χ0n) is 14.0. The predicted octanol–water partition coefficient (Wildman–Crippen LogP) is 6.05. The fraction of sp³-hybridized carbons (Fsp3) is 0. The monoisotopic (exact) mass is 346 g/mol. The summed E-state index contributed by atoms with van der Waals surface area (Å²) in [5, 5.41) is 13.8. The van der Waals surface area contributed by atoms with Gasteiger partial charge in [-0.05, 0) is 17.4 Å². The Hall–Kier alpha value is -3.80. The van der Waals surface area contributed by atoms with Crippen molar-refractivity contribution in [2.24, 2.45) is 20.8 Å². The molecule has 0 spiro atoms. The topological polar surface area (TPSA) is 67.9 Å². The van der Waals surface area contributed by atoms with Crippen LogP contribution in [0.1, 0.15) is 5.56 Å². The zero-order valence-corrected chi connectivity index (χ0v) is 14.0. The Balaban J connectivity index is 2.10. The third-order valence-electron chi connectivity index (χ3n) is 2.86. The van der Waals surface area contributed by atoms with Crippen LogP contribution in [0.25, 0.3) is 6.08 Å². The number of allylic oxidation sites excluding steroid dienone is 12. The second kappa shape index (κ2) is 12.6. The Bertz CT molecular complexity index is 813. The Morgan fingerprint density at radius 1 is 0.615 bits per heavy atom. The molecular formula is C20H18N4O2. The molecule has 1 heterocycles. The van der Waals surface area contributed by atoms with E-state index in [0.717, 1.165) is 5.56 Å². The molecule has 0 atom stereocenters. The lowest BCUT2D eigenvalue weighted by molar-refractivity contribution is -0.216. The fourth-order valence-electron chi connectivity index (χ4n) is 1.72. The molecule has 0 fully saturated rings. The maximum atomic E-state index is 5.10. The van der Waals surface area contributed by atoms with Crippen molar-refractivity contribution < 1.29 is 9.88 Å². The van der Waals surface area contributed by atoms with Crippen molar-refractivity contribution in [2.75, 3.05) is 0 Å². The minimum atomic E-state index is 0.505. The standard InChI is InChI=1S/C20H18N4O2/c1-2-4-6-8-10-14-18-21-22-23-24-26-25-20-17-13-12-16-19(20)15-11-9-7-5-3-1/h1-18H/b2-1-,5-3-,6-4-,9-7-,10-8+,15-11-,18-14-,22-21-,24-23-. The number of fused-ring (bicyclic) bond motifs is 1. The molecule has 1 aliphatic rings. The molecule has 26 heavy (non-hydrogen) atoms. The van der Waals surface area contributed by atoms with E-state index in [9.17, 15) is 0 Å². The van der Waals surface area contributed by atoms with E-state index in [0.29, 0.717) is 5.75 Å². The molecule has 0 radical (unpaired) electrons. The first-order valence-electron chi connectivity index (χ1n) is 7.86. The molecule has 0 aromatic heterocycles. The van der Waals surface area contributed by atoms with Gasteiger partial charge in [0, 0.05) is 10.8 Å². The normalized spacial score (nSPS) is 26.0. The molecule has 130 valence electrons. The van der Waals surface area contributed by atoms with Crippen molar-refractivity contribution in [1.29, 1.82) is 0 Å². The van der Waals surface area contributed by atoms with E-state index in [1.54, 1.807) is 12.1 Å². The van der Waals surface area contributed by atoms with E-state index in [-0.39, 0.29) is 0 Å². The van der Waals surface area contributed by atoms with Crippen LogP contribution in [0.4, 0.5) is 0 Å². The molecule has 6 nitrogen and oxygen atoms in total. The molecule has 1 aromatic carbocycles. The highest BCUT2D eigenvalue weighted by Gasteiger charge is 2.00. The maximum Gasteiger partial charge on any atom is 0.188 e. The lowest BCUT2D eigenvalue weighted by atomic mass is 10.2. The Morgan fingerprint density at radius 3 is 1.96 bits per heavy atom. The van der Waals surface area contributed by atoms with Gasteiger partial charge in [-0.2, -0.15) is 0 Å². The molecule has 6 heteroatoms. The molecule has 0 saturated heterocycles. The average Bonchev–Trinajstić information content (AvgIpc) is 2.66. The molecule has 0 bridgehead atoms. The number of benzene rings is 1. The molecule has 1 aliphatic heterocycles.